The van der Waals surface area contributed by atoms with Gasteiger partial charge in [-0.3, -0.25) is 4.79 Å². The van der Waals surface area contributed by atoms with Gasteiger partial charge in [-0.05, 0) is 43.4 Å². The lowest BCUT2D eigenvalue weighted by atomic mass is 9.92. The molecule has 7 heteroatoms. The Kier molecular flexibility index (Phi) is 6.75. The van der Waals surface area contributed by atoms with E-state index in [1.165, 1.54) is 6.08 Å². The van der Waals surface area contributed by atoms with Gasteiger partial charge in [-0.2, -0.15) is 5.10 Å². The van der Waals surface area contributed by atoms with Crippen LogP contribution in [0.5, 0.6) is 0 Å². The molecule has 1 saturated heterocycles. The topological polar surface area (TPSA) is 64.4 Å². The number of carbonyl (C=O) groups is 2. The molecule has 0 unspecified atom stereocenters. The van der Waals surface area contributed by atoms with Crippen LogP contribution in [-0.2, 0) is 14.3 Å². The Morgan fingerprint density at radius 3 is 2.52 bits per heavy atom. The minimum Gasteiger partial charge on any atom is -0.452 e. The second kappa shape index (κ2) is 9.27. The van der Waals surface area contributed by atoms with Gasteiger partial charge >= 0.3 is 5.97 Å². The maximum absolute atomic E-state index is 12.3. The summed E-state index contributed by atoms with van der Waals surface area (Å²) < 4.78 is 6.75. The van der Waals surface area contributed by atoms with Gasteiger partial charge in [0.2, 0.25) is 0 Å². The molecule has 0 spiro atoms. The summed E-state index contributed by atoms with van der Waals surface area (Å²) in [7, 11) is 0. The first-order valence-electron chi connectivity index (χ1n) is 9.78. The van der Waals surface area contributed by atoms with Crippen molar-refractivity contribution in [2.45, 2.75) is 27.2 Å². The van der Waals surface area contributed by atoms with E-state index >= 15 is 0 Å². The van der Waals surface area contributed by atoms with Gasteiger partial charge in [-0.15, -0.1) is 0 Å². The molecule has 1 aliphatic heterocycles. The second-order valence-corrected chi connectivity index (χ2v) is 8.08. The zero-order chi connectivity index (χ0) is 21.0. The molecule has 0 bridgehead atoms. The number of rotatable bonds is 5. The van der Waals surface area contributed by atoms with Crippen LogP contribution in [0.4, 0.5) is 0 Å². The van der Waals surface area contributed by atoms with Crippen molar-refractivity contribution in [1.82, 2.24) is 14.7 Å². The fraction of sp³-hybridized carbons (Fsp3) is 0.409. The van der Waals surface area contributed by atoms with E-state index < -0.39 is 5.97 Å². The highest BCUT2D eigenvalue weighted by atomic mass is 35.5. The van der Waals surface area contributed by atoms with Crippen LogP contribution in [-0.4, -0.2) is 46.3 Å². The van der Waals surface area contributed by atoms with E-state index in [2.05, 4.69) is 18.9 Å². The van der Waals surface area contributed by atoms with Crippen molar-refractivity contribution in [3.05, 3.63) is 52.8 Å². The Morgan fingerprint density at radius 1 is 1.21 bits per heavy atom. The number of hydrogen-bond acceptors (Lipinski definition) is 4. The quantitative estimate of drug-likeness (QED) is 0.548. The summed E-state index contributed by atoms with van der Waals surface area (Å²) in [5, 5.41) is 4.84. The van der Waals surface area contributed by atoms with E-state index in [1.807, 2.05) is 37.3 Å². The molecule has 154 valence electrons. The van der Waals surface area contributed by atoms with Crippen LogP contribution in [0, 0.1) is 18.8 Å². The van der Waals surface area contributed by atoms with Crippen LogP contribution >= 0.6 is 11.6 Å². The number of amides is 1. The van der Waals surface area contributed by atoms with Gasteiger partial charge in [0, 0.05) is 24.7 Å². The molecule has 1 aromatic heterocycles. The van der Waals surface area contributed by atoms with Crippen LogP contribution in [0.3, 0.4) is 0 Å². The third kappa shape index (κ3) is 5.26. The lowest BCUT2D eigenvalue weighted by Gasteiger charge is -2.34. The van der Waals surface area contributed by atoms with Crippen LogP contribution in [0.1, 0.15) is 31.5 Å². The van der Waals surface area contributed by atoms with Crippen molar-refractivity contribution in [3.8, 4) is 5.69 Å². The number of piperidine rings is 1. The smallest absolute Gasteiger partial charge is 0.331 e. The van der Waals surface area contributed by atoms with Gasteiger partial charge < -0.3 is 9.64 Å². The Bertz CT molecular complexity index is 898. The molecule has 0 saturated carbocycles. The maximum atomic E-state index is 12.3. The molecule has 3 rings (SSSR count). The molecular weight excluding hydrogens is 390 g/mol. The van der Waals surface area contributed by atoms with Crippen molar-refractivity contribution >= 4 is 29.6 Å². The predicted octanol–water partition coefficient (Wildman–Crippen LogP) is 3.90. The summed E-state index contributed by atoms with van der Waals surface area (Å²) in [6.45, 7) is 7.25. The summed E-state index contributed by atoms with van der Waals surface area (Å²) in [5.74, 6) is 0.185. The molecule has 2 heterocycles. The zero-order valence-electron chi connectivity index (χ0n) is 17.0. The Labute approximate surface area is 176 Å². The van der Waals surface area contributed by atoms with Gasteiger partial charge in [0.1, 0.15) is 5.15 Å². The molecule has 0 radical (unpaired) electrons. The first-order valence-corrected chi connectivity index (χ1v) is 10.2. The van der Waals surface area contributed by atoms with Crippen LogP contribution < -0.4 is 0 Å². The van der Waals surface area contributed by atoms with Crippen LogP contribution in [0.25, 0.3) is 11.8 Å². The van der Waals surface area contributed by atoms with Crippen LogP contribution in [0.15, 0.2) is 36.4 Å². The molecule has 1 amide bonds. The van der Waals surface area contributed by atoms with Gasteiger partial charge in [-0.25, -0.2) is 9.48 Å². The molecule has 1 aliphatic rings. The van der Waals surface area contributed by atoms with E-state index in [0.29, 0.717) is 41.3 Å². The highest BCUT2D eigenvalue weighted by Gasteiger charge is 2.25. The number of aryl methyl sites for hydroxylation is 1. The lowest BCUT2D eigenvalue weighted by molar-refractivity contribution is -0.149. The van der Waals surface area contributed by atoms with E-state index in [4.69, 9.17) is 16.3 Å². The summed E-state index contributed by atoms with van der Waals surface area (Å²) in [4.78, 5) is 26.2. The van der Waals surface area contributed by atoms with Gasteiger partial charge in [0.25, 0.3) is 5.91 Å². The zero-order valence-corrected chi connectivity index (χ0v) is 17.7. The van der Waals surface area contributed by atoms with Crippen LogP contribution in [0.2, 0.25) is 5.15 Å². The minimum absolute atomic E-state index is 0.156. The number of nitrogens with zero attached hydrogens (tertiary/aromatic N) is 3. The highest BCUT2D eigenvalue weighted by Crippen LogP contribution is 2.25. The van der Waals surface area contributed by atoms with E-state index in [0.717, 1.165) is 12.1 Å². The molecular formula is C22H26ClN3O3. The summed E-state index contributed by atoms with van der Waals surface area (Å²) in [6.07, 6.45) is 3.96. The number of para-hydroxylation sites is 1. The standard InChI is InChI=1S/C22H26ClN3O3/c1-15-11-16(2)13-25(12-15)20(27)14-29-21(28)10-9-19-17(3)24-26(22(19)23)18-7-5-4-6-8-18/h4-10,15-16H,11-14H2,1-3H3/b10-9+/t15-,16+. The molecule has 0 N–H and O–H groups in total. The average Bonchev–Trinajstić information content (AvgIpc) is 2.98. The molecule has 1 fully saturated rings. The number of esters is 1. The Balaban J connectivity index is 1.60. The predicted molar refractivity (Wildman–Crippen MR) is 113 cm³/mol. The van der Waals surface area contributed by atoms with E-state index in [1.54, 1.807) is 15.7 Å². The monoisotopic (exact) mass is 415 g/mol. The molecule has 1 aromatic carbocycles. The minimum atomic E-state index is -0.584. The highest BCUT2D eigenvalue weighted by molar-refractivity contribution is 6.31. The van der Waals surface area contributed by atoms with Crippen molar-refractivity contribution in [3.63, 3.8) is 0 Å². The first kappa shape index (κ1) is 21.1. The fourth-order valence-corrected chi connectivity index (χ4v) is 4.07. The van der Waals surface area contributed by atoms with Crippen molar-refractivity contribution in [2.24, 2.45) is 11.8 Å². The number of carbonyl (C=O) groups excluding carboxylic acids is 2. The number of aromatic nitrogens is 2. The third-order valence-corrected chi connectivity index (χ3v) is 5.36. The molecule has 6 nitrogen and oxygen atoms in total. The van der Waals surface area contributed by atoms with Crippen molar-refractivity contribution in [1.29, 1.82) is 0 Å². The van der Waals surface area contributed by atoms with E-state index in [9.17, 15) is 9.59 Å². The average molecular weight is 416 g/mol. The van der Waals surface area contributed by atoms with E-state index in [-0.39, 0.29) is 12.5 Å². The van der Waals surface area contributed by atoms with Gasteiger partial charge in [-0.1, -0.05) is 43.6 Å². The maximum Gasteiger partial charge on any atom is 0.331 e. The fourth-order valence-electron chi connectivity index (χ4n) is 3.73. The number of benzene rings is 1. The molecule has 2 atom stereocenters. The second-order valence-electron chi connectivity index (χ2n) is 7.72. The van der Waals surface area contributed by atoms with Crippen molar-refractivity contribution in [2.75, 3.05) is 19.7 Å². The summed E-state index contributed by atoms with van der Waals surface area (Å²) in [6, 6.07) is 9.51. The summed E-state index contributed by atoms with van der Waals surface area (Å²) >= 11 is 6.44. The van der Waals surface area contributed by atoms with Gasteiger partial charge in [0.15, 0.2) is 6.61 Å². The largest absolute Gasteiger partial charge is 0.452 e. The SMILES string of the molecule is Cc1nn(-c2ccccc2)c(Cl)c1/C=C/C(=O)OCC(=O)N1C[C@H](C)C[C@H](C)C1. The molecule has 2 aromatic rings. The number of hydrogen-bond donors (Lipinski definition) is 0. The number of ether oxygens (including phenoxy) is 1. The Hall–Kier alpha value is -2.60. The summed E-state index contributed by atoms with van der Waals surface area (Å²) in [5.41, 5.74) is 2.16. The molecule has 29 heavy (non-hydrogen) atoms. The normalized spacial score (nSPS) is 19.5. The third-order valence-electron chi connectivity index (χ3n) is 4.99. The molecule has 0 aliphatic carbocycles. The Morgan fingerprint density at radius 2 is 1.86 bits per heavy atom. The van der Waals surface area contributed by atoms with Gasteiger partial charge in [0.05, 0.1) is 11.4 Å². The number of likely N-dealkylation sites (tertiary alicyclic amines) is 1. The first-order chi connectivity index (χ1) is 13.8. The number of halogens is 1. The lowest BCUT2D eigenvalue weighted by Crippen LogP contribution is -2.44. The van der Waals surface area contributed by atoms with Crippen molar-refractivity contribution < 1.29 is 14.3 Å².